The molecular formula is C16H24Cl2F2N2O. The van der Waals surface area contributed by atoms with Crippen molar-refractivity contribution in [1.82, 2.24) is 10.2 Å². The molecule has 0 unspecified atom stereocenters. The Morgan fingerprint density at radius 1 is 1.04 bits per heavy atom. The van der Waals surface area contributed by atoms with Crippen molar-refractivity contribution < 1.29 is 13.5 Å². The average molecular weight is 369 g/mol. The molecule has 2 fully saturated rings. The van der Waals surface area contributed by atoms with Crippen molar-refractivity contribution >= 4 is 24.8 Å². The molecule has 7 heteroatoms. The molecule has 3 rings (SSSR count). The number of rotatable bonds is 3. The third kappa shape index (κ3) is 5.00. The summed E-state index contributed by atoms with van der Waals surface area (Å²) in [5, 5.41) is 3.34. The van der Waals surface area contributed by atoms with E-state index in [2.05, 4.69) is 10.2 Å². The van der Waals surface area contributed by atoms with Crippen molar-refractivity contribution in [2.24, 2.45) is 5.92 Å². The SMILES string of the molecule is Cl.Cl.Fc1ccc([C@H](C2CCOCC2)N2CCNCC2)cc1F. The maximum absolute atomic E-state index is 13.6. The van der Waals surface area contributed by atoms with E-state index in [1.807, 2.05) is 0 Å². The molecule has 2 heterocycles. The number of hydrogen-bond acceptors (Lipinski definition) is 3. The van der Waals surface area contributed by atoms with Crippen LogP contribution in [0, 0.1) is 17.6 Å². The number of halogens is 4. The Bertz CT molecular complexity index is 463. The van der Waals surface area contributed by atoms with Crippen molar-refractivity contribution in [2.45, 2.75) is 18.9 Å². The fraction of sp³-hybridized carbons (Fsp3) is 0.625. The Kier molecular flexibility index (Phi) is 8.72. The lowest BCUT2D eigenvalue weighted by Gasteiger charge is -2.41. The lowest BCUT2D eigenvalue weighted by atomic mass is 9.85. The Hall–Kier alpha value is -0.460. The molecule has 3 nitrogen and oxygen atoms in total. The maximum Gasteiger partial charge on any atom is 0.159 e. The molecule has 2 saturated heterocycles. The van der Waals surface area contributed by atoms with E-state index in [0.29, 0.717) is 5.92 Å². The highest BCUT2D eigenvalue weighted by Crippen LogP contribution is 2.35. The summed E-state index contributed by atoms with van der Waals surface area (Å²) in [5.74, 6) is -1.08. The smallest absolute Gasteiger partial charge is 0.159 e. The van der Waals surface area contributed by atoms with Gasteiger partial charge in [-0.2, -0.15) is 0 Å². The van der Waals surface area contributed by atoms with Gasteiger partial charge in [0.1, 0.15) is 0 Å². The van der Waals surface area contributed by atoms with Gasteiger partial charge in [-0.15, -0.1) is 24.8 Å². The minimum absolute atomic E-state index is 0. The largest absolute Gasteiger partial charge is 0.381 e. The van der Waals surface area contributed by atoms with Gasteiger partial charge in [0.2, 0.25) is 0 Å². The summed E-state index contributed by atoms with van der Waals surface area (Å²) >= 11 is 0. The number of nitrogens with one attached hydrogen (secondary N) is 1. The molecule has 1 aromatic carbocycles. The molecule has 0 spiro atoms. The van der Waals surface area contributed by atoms with Crippen LogP contribution in [0.5, 0.6) is 0 Å². The first-order valence-electron chi connectivity index (χ1n) is 7.73. The lowest BCUT2D eigenvalue weighted by Crippen LogP contribution is -2.47. The topological polar surface area (TPSA) is 24.5 Å². The van der Waals surface area contributed by atoms with Crippen LogP contribution in [0.4, 0.5) is 8.78 Å². The standard InChI is InChI=1S/C16H22F2N2O.2ClH/c17-14-2-1-13(11-15(14)18)16(12-3-9-21-10-4-12)20-7-5-19-6-8-20;;/h1-2,11-12,16,19H,3-10H2;2*1H/t16-;;/m0../s1. The van der Waals surface area contributed by atoms with Gasteiger partial charge < -0.3 is 10.1 Å². The lowest BCUT2D eigenvalue weighted by molar-refractivity contribution is 0.0212. The summed E-state index contributed by atoms with van der Waals surface area (Å²) in [6.45, 7) is 5.31. The molecule has 0 aromatic heterocycles. The van der Waals surface area contributed by atoms with Crippen molar-refractivity contribution in [3.8, 4) is 0 Å². The van der Waals surface area contributed by atoms with Crippen LogP contribution in [0.25, 0.3) is 0 Å². The van der Waals surface area contributed by atoms with E-state index in [1.54, 1.807) is 6.07 Å². The first kappa shape index (κ1) is 20.6. The molecule has 2 aliphatic heterocycles. The number of nitrogens with zero attached hydrogens (tertiary/aromatic N) is 1. The first-order valence-corrected chi connectivity index (χ1v) is 7.73. The molecule has 23 heavy (non-hydrogen) atoms. The molecule has 0 radical (unpaired) electrons. The quantitative estimate of drug-likeness (QED) is 0.886. The van der Waals surface area contributed by atoms with E-state index in [9.17, 15) is 8.78 Å². The second-order valence-electron chi connectivity index (χ2n) is 5.85. The summed E-state index contributed by atoms with van der Waals surface area (Å²) < 4.78 is 32.3. The summed E-state index contributed by atoms with van der Waals surface area (Å²) in [4.78, 5) is 2.40. The second kappa shape index (κ2) is 9.74. The van der Waals surface area contributed by atoms with Crippen molar-refractivity contribution in [1.29, 1.82) is 0 Å². The zero-order valence-corrected chi connectivity index (χ0v) is 14.6. The number of hydrogen-bond donors (Lipinski definition) is 1. The van der Waals surface area contributed by atoms with E-state index in [4.69, 9.17) is 4.74 Å². The molecular weight excluding hydrogens is 345 g/mol. The summed E-state index contributed by atoms with van der Waals surface area (Å²) in [6, 6.07) is 4.52. The Balaban J connectivity index is 0.00000132. The Morgan fingerprint density at radius 2 is 1.70 bits per heavy atom. The predicted molar refractivity (Wildman–Crippen MR) is 91.6 cm³/mol. The molecule has 0 aliphatic carbocycles. The van der Waals surface area contributed by atoms with Crippen molar-refractivity contribution in [2.75, 3.05) is 39.4 Å². The van der Waals surface area contributed by atoms with Gasteiger partial charge in [-0.3, -0.25) is 4.90 Å². The number of piperazine rings is 1. The highest BCUT2D eigenvalue weighted by molar-refractivity contribution is 5.85. The van der Waals surface area contributed by atoms with Crippen molar-refractivity contribution in [3.05, 3.63) is 35.4 Å². The molecule has 1 N–H and O–H groups in total. The van der Waals surface area contributed by atoms with Crippen LogP contribution in [0.3, 0.4) is 0 Å². The number of benzene rings is 1. The van der Waals surface area contributed by atoms with Gasteiger partial charge in [-0.05, 0) is 36.5 Å². The Morgan fingerprint density at radius 3 is 2.30 bits per heavy atom. The van der Waals surface area contributed by atoms with E-state index in [1.165, 1.54) is 12.1 Å². The molecule has 1 aromatic rings. The minimum atomic E-state index is -0.773. The van der Waals surface area contributed by atoms with Gasteiger partial charge in [0.15, 0.2) is 11.6 Å². The van der Waals surface area contributed by atoms with Gasteiger partial charge in [0.05, 0.1) is 0 Å². The molecule has 0 bridgehead atoms. The molecule has 1 atom stereocenters. The van der Waals surface area contributed by atoms with E-state index in [-0.39, 0.29) is 30.9 Å². The number of ether oxygens (including phenoxy) is 1. The zero-order chi connectivity index (χ0) is 14.7. The third-order valence-corrected chi connectivity index (χ3v) is 4.54. The molecule has 0 saturated carbocycles. The van der Waals surface area contributed by atoms with Gasteiger partial charge in [-0.1, -0.05) is 6.07 Å². The van der Waals surface area contributed by atoms with Crippen LogP contribution in [0.15, 0.2) is 18.2 Å². The summed E-state index contributed by atoms with van der Waals surface area (Å²) in [6.07, 6.45) is 1.96. The first-order chi connectivity index (χ1) is 10.3. The highest BCUT2D eigenvalue weighted by Gasteiger charge is 2.31. The van der Waals surface area contributed by atoms with Crippen LogP contribution in [-0.2, 0) is 4.74 Å². The summed E-state index contributed by atoms with van der Waals surface area (Å²) in [7, 11) is 0. The second-order valence-corrected chi connectivity index (χ2v) is 5.85. The summed E-state index contributed by atoms with van der Waals surface area (Å²) in [5.41, 5.74) is 0.891. The molecule has 2 aliphatic rings. The molecule has 0 amide bonds. The predicted octanol–water partition coefficient (Wildman–Crippen LogP) is 3.18. The highest BCUT2D eigenvalue weighted by atomic mass is 35.5. The van der Waals surface area contributed by atoms with Gasteiger partial charge >= 0.3 is 0 Å². The Labute approximate surface area is 148 Å². The minimum Gasteiger partial charge on any atom is -0.381 e. The van der Waals surface area contributed by atoms with E-state index < -0.39 is 11.6 Å². The fourth-order valence-corrected chi connectivity index (χ4v) is 3.47. The molecule has 132 valence electrons. The average Bonchev–Trinajstić information content (AvgIpc) is 2.53. The van der Waals surface area contributed by atoms with Crippen LogP contribution >= 0.6 is 24.8 Å². The zero-order valence-electron chi connectivity index (χ0n) is 13.0. The fourth-order valence-electron chi connectivity index (χ4n) is 3.47. The van der Waals surface area contributed by atoms with Crippen LogP contribution in [-0.4, -0.2) is 44.3 Å². The van der Waals surface area contributed by atoms with Crippen molar-refractivity contribution in [3.63, 3.8) is 0 Å². The van der Waals surface area contributed by atoms with Crippen LogP contribution in [0.1, 0.15) is 24.4 Å². The van der Waals surface area contributed by atoms with Gasteiger partial charge in [0.25, 0.3) is 0 Å². The third-order valence-electron chi connectivity index (χ3n) is 4.54. The monoisotopic (exact) mass is 368 g/mol. The maximum atomic E-state index is 13.6. The normalized spacial score (nSPS) is 21.1. The van der Waals surface area contributed by atoms with E-state index in [0.717, 1.165) is 57.8 Å². The van der Waals surface area contributed by atoms with Gasteiger partial charge in [-0.25, -0.2) is 8.78 Å². The van der Waals surface area contributed by atoms with E-state index >= 15 is 0 Å². The van der Waals surface area contributed by atoms with Crippen LogP contribution in [0.2, 0.25) is 0 Å². The van der Waals surface area contributed by atoms with Crippen LogP contribution < -0.4 is 5.32 Å². The van der Waals surface area contributed by atoms with Gasteiger partial charge in [0, 0.05) is 45.4 Å².